The van der Waals surface area contributed by atoms with Gasteiger partial charge in [0.05, 0.1) is 11.8 Å². The first-order chi connectivity index (χ1) is 8.77. The van der Waals surface area contributed by atoms with E-state index in [0.717, 1.165) is 6.42 Å². The molecule has 1 aromatic heterocycles. The van der Waals surface area contributed by atoms with Crippen LogP contribution in [0.1, 0.15) is 6.42 Å². The van der Waals surface area contributed by atoms with Crippen LogP contribution >= 0.6 is 0 Å². The van der Waals surface area contributed by atoms with Crippen molar-refractivity contribution >= 4 is 17.6 Å². The minimum atomic E-state index is -0.144. The highest BCUT2D eigenvalue weighted by Crippen LogP contribution is 2.52. The van der Waals surface area contributed by atoms with Crippen LogP contribution in [0, 0.1) is 23.7 Å². The summed E-state index contributed by atoms with van der Waals surface area (Å²) in [6, 6.07) is 5.29. The third-order valence-corrected chi connectivity index (χ3v) is 4.35. The Morgan fingerprint density at radius 2 is 1.72 bits per heavy atom. The maximum absolute atomic E-state index is 12.4. The van der Waals surface area contributed by atoms with Gasteiger partial charge in [-0.25, -0.2) is 9.88 Å². The molecule has 0 unspecified atom stereocenters. The van der Waals surface area contributed by atoms with Gasteiger partial charge in [-0.15, -0.1) is 0 Å². The van der Waals surface area contributed by atoms with Crippen molar-refractivity contribution < 1.29 is 9.59 Å². The molecule has 2 heterocycles. The number of nitrogens with zero attached hydrogens (tertiary/aromatic N) is 2. The fraction of sp³-hybridized carbons (Fsp3) is 0.357. The molecule has 2 amide bonds. The summed E-state index contributed by atoms with van der Waals surface area (Å²) in [5.74, 6) is 0.543. The van der Waals surface area contributed by atoms with Gasteiger partial charge in [0.1, 0.15) is 5.82 Å². The summed E-state index contributed by atoms with van der Waals surface area (Å²) in [6.45, 7) is 0. The summed E-state index contributed by atoms with van der Waals surface area (Å²) in [5.41, 5.74) is 0. The minimum absolute atomic E-state index is 0.0689. The van der Waals surface area contributed by atoms with Gasteiger partial charge in [0, 0.05) is 6.20 Å². The van der Waals surface area contributed by atoms with Crippen molar-refractivity contribution in [1.29, 1.82) is 0 Å². The molecule has 2 bridgehead atoms. The topological polar surface area (TPSA) is 50.3 Å². The molecule has 1 saturated carbocycles. The number of hydrogen-bond donors (Lipinski definition) is 0. The molecule has 0 aromatic carbocycles. The number of amides is 2. The molecule has 4 nitrogen and oxygen atoms in total. The van der Waals surface area contributed by atoms with E-state index in [-0.39, 0.29) is 35.5 Å². The van der Waals surface area contributed by atoms with E-state index in [4.69, 9.17) is 0 Å². The monoisotopic (exact) mass is 240 g/mol. The summed E-state index contributed by atoms with van der Waals surface area (Å²) in [5, 5.41) is 0. The maximum atomic E-state index is 12.4. The van der Waals surface area contributed by atoms with Gasteiger partial charge in [-0.1, -0.05) is 18.2 Å². The highest BCUT2D eigenvalue weighted by atomic mass is 16.2. The molecule has 1 saturated heterocycles. The fourth-order valence-corrected chi connectivity index (χ4v) is 3.61. The summed E-state index contributed by atoms with van der Waals surface area (Å²) in [7, 11) is 0. The van der Waals surface area contributed by atoms with Gasteiger partial charge in [0.25, 0.3) is 0 Å². The molecular weight excluding hydrogens is 228 g/mol. The lowest BCUT2D eigenvalue weighted by Gasteiger charge is -2.15. The lowest BCUT2D eigenvalue weighted by Crippen LogP contribution is -2.33. The van der Waals surface area contributed by atoms with Gasteiger partial charge in [0.15, 0.2) is 0 Å². The summed E-state index contributed by atoms with van der Waals surface area (Å²) >= 11 is 0. The van der Waals surface area contributed by atoms with Gasteiger partial charge in [-0.3, -0.25) is 9.59 Å². The molecule has 4 heteroatoms. The summed E-state index contributed by atoms with van der Waals surface area (Å²) in [6.07, 6.45) is 6.76. The average Bonchev–Trinajstić information content (AvgIpc) is 3.05. The number of fused-ring (bicyclic) bond motifs is 5. The van der Waals surface area contributed by atoms with Crippen LogP contribution in [-0.2, 0) is 9.59 Å². The van der Waals surface area contributed by atoms with Crippen molar-refractivity contribution in [3.63, 3.8) is 0 Å². The molecular formula is C14H12N2O2. The molecule has 0 N–H and O–H groups in total. The second kappa shape index (κ2) is 3.28. The average molecular weight is 240 g/mol. The maximum Gasteiger partial charge on any atom is 0.239 e. The van der Waals surface area contributed by atoms with Crippen LogP contribution in [0.15, 0.2) is 36.5 Å². The first kappa shape index (κ1) is 10.00. The zero-order valence-corrected chi connectivity index (χ0v) is 9.69. The number of rotatable bonds is 1. The third kappa shape index (κ3) is 1.08. The molecule has 2 aliphatic carbocycles. The van der Waals surface area contributed by atoms with E-state index >= 15 is 0 Å². The van der Waals surface area contributed by atoms with E-state index in [0.29, 0.717) is 5.82 Å². The van der Waals surface area contributed by atoms with Crippen molar-refractivity contribution in [2.45, 2.75) is 6.42 Å². The van der Waals surface area contributed by atoms with Crippen LogP contribution in [-0.4, -0.2) is 16.8 Å². The highest BCUT2D eigenvalue weighted by Gasteiger charge is 2.59. The highest BCUT2D eigenvalue weighted by molar-refractivity contribution is 6.22. The normalized spacial score (nSPS) is 36.6. The Labute approximate surface area is 104 Å². The Balaban J connectivity index is 1.77. The molecule has 4 rings (SSSR count). The van der Waals surface area contributed by atoms with Crippen LogP contribution in [0.5, 0.6) is 0 Å². The molecule has 2 fully saturated rings. The zero-order valence-electron chi connectivity index (χ0n) is 9.69. The van der Waals surface area contributed by atoms with E-state index < -0.39 is 0 Å². The fourth-order valence-electron chi connectivity index (χ4n) is 3.61. The molecule has 1 aliphatic heterocycles. The van der Waals surface area contributed by atoms with Crippen LogP contribution in [0.3, 0.4) is 0 Å². The number of allylic oxidation sites excluding steroid dienone is 2. The van der Waals surface area contributed by atoms with Gasteiger partial charge >= 0.3 is 0 Å². The van der Waals surface area contributed by atoms with Gasteiger partial charge in [0.2, 0.25) is 11.8 Å². The minimum Gasteiger partial charge on any atom is -0.274 e. The molecule has 90 valence electrons. The quantitative estimate of drug-likeness (QED) is 0.550. The lowest BCUT2D eigenvalue weighted by molar-refractivity contribution is -0.123. The molecule has 1 aromatic rings. The van der Waals surface area contributed by atoms with Crippen LogP contribution in [0.2, 0.25) is 0 Å². The smallest absolute Gasteiger partial charge is 0.239 e. The molecule has 4 atom stereocenters. The van der Waals surface area contributed by atoms with Crippen molar-refractivity contribution in [3.8, 4) is 0 Å². The van der Waals surface area contributed by atoms with E-state index in [1.54, 1.807) is 24.4 Å². The number of aromatic nitrogens is 1. The standard InChI is InChI=1S/C14H12N2O2/c17-13-11-8-4-5-9(7-8)12(11)14(18)16(13)10-3-1-2-6-15-10/h1-6,8-9,11-12H,7H2/t8-,9+,11-,12+. The summed E-state index contributed by atoms with van der Waals surface area (Å²) < 4.78 is 0. The van der Waals surface area contributed by atoms with Crippen LogP contribution in [0.25, 0.3) is 0 Å². The van der Waals surface area contributed by atoms with E-state index in [1.165, 1.54) is 4.90 Å². The van der Waals surface area contributed by atoms with Crippen molar-refractivity contribution in [2.24, 2.45) is 23.7 Å². The Kier molecular flexibility index (Phi) is 1.82. The number of carbonyl (C=O) groups is 2. The summed E-state index contributed by atoms with van der Waals surface area (Å²) in [4.78, 5) is 30.2. The van der Waals surface area contributed by atoms with Crippen molar-refractivity contribution in [3.05, 3.63) is 36.5 Å². The molecule has 0 radical (unpaired) electrons. The number of hydrogen-bond acceptors (Lipinski definition) is 3. The number of carbonyl (C=O) groups excluding carboxylic acids is 2. The van der Waals surface area contributed by atoms with Crippen LogP contribution in [0.4, 0.5) is 5.82 Å². The molecule has 3 aliphatic rings. The lowest BCUT2D eigenvalue weighted by atomic mass is 9.85. The van der Waals surface area contributed by atoms with Gasteiger partial charge in [-0.2, -0.15) is 0 Å². The van der Waals surface area contributed by atoms with Crippen LogP contribution < -0.4 is 4.90 Å². The van der Waals surface area contributed by atoms with Gasteiger partial charge in [-0.05, 0) is 30.4 Å². The largest absolute Gasteiger partial charge is 0.274 e. The predicted octanol–water partition coefficient (Wildman–Crippen LogP) is 1.39. The Bertz CT molecular complexity index is 536. The SMILES string of the molecule is O=C1[C@@H]2[C@H](C(=O)N1c1ccccn1)[C@@H]1C=C[C@H]2C1. The molecule has 0 spiro atoms. The number of anilines is 1. The van der Waals surface area contributed by atoms with E-state index in [9.17, 15) is 9.59 Å². The third-order valence-electron chi connectivity index (χ3n) is 4.35. The molecule has 18 heavy (non-hydrogen) atoms. The first-order valence-electron chi connectivity index (χ1n) is 6.24. The Hall–Kier alpha value is -1.97. The van der Waals surface area contributed by atoms with E-state index in [2.05, 4.69) is 17.1 Å². The second-order valence-corrected chi connectivity index (χ2v) is 5.20. The second-order valence-electron chi connectivity index (χ2n) is 5.20. The predicted molar refractivity (Wildman–Crippen MR) is 64.4 cm³/mol. The number of imide groups is 1. The Morgan fingerprint density at radius 1 is 1.06 bits per heavy atom. The number of pyridine rings is 1. The van der Waals surface area contributed by atoms with Crippen molar-refractivity contribution in [2.75, 3.05) is 4.90 Å². The van der Waals surface area contributed by atoms with Gasteiger partial charge < -0.3 is 0 Å². The Morgan fingerprint density at radius 3 is 2.28 bits per heavy atom. The van der Waals surface area contributed by atoms with E-state index in [1.807, 2.05) is 0 Å². The van der Waals surface area contributed by atoms with Crippen molar-refractivity contribution in [1.82, 2.24) is 4.98 Å². The first-order valence-corrected chi connectivity index (χ1v) is 6.24. The zero-order chi connectivity index (χ0) is 12.3.